The summed E-state index contributed by atoms with van der Waals surface area (Å²) in [6, 6.07) is 10.7. The van der Waals surface area contributed by atoms with Gasteiger partial charge in [0.05, 0.1) is 19.2 Å². The first-order valence-electron chi connectivity index (χ1n) is 9.62. The highest BCUT2D eigenvalue weighted by Crippen LogP contribution is 2.40. The standard InChI is InChI=1S/C20H31N3O2/c1-2-18(15-24)23-12-10-22(11-13-23)14-19(25)21-20(17-8-9-17)16-6-4-3-5-7-16/h3-7,17-18,20,24H,2,8-15H2,1H3,(H,21,25). The van der Waals surface area contributed by atoms with Gasteiger partial charge in [-0.2, -0.15) is 0 Å². The molecule has 138 valence electrons. The lowest BCUT2D eigenvalue weighted by atomic mass is 10.0. The third-order valence-corrected chi connectivity index (χ3v) is 5.54. The predicted molar refractivity (Wildman–Crippen MR) is 99.2 cm³/mol. The molecule has 1 amide bonds. The van der Waals surface area contributed by atoms with Crippen molar-refractivity contribution in [2.45, 2.75) is 38.3 Å². The van der Waals surface area contributed by atoms with Crippen LogP contribution >= 0.6 is 0 Å². The van der Waals surface area contributed by atoms with Gasteiger partial charge in [0.2, 0.25) is 5.91 Å². The number of rotatable bonds is 8. The van der Waals surface area contributed by atoms with Crippen LogP contribution in [0.15, 0.2) is 30.3 Å². The van der Waals surface area contributed by atoms with Crippen LogP contribution in [0.1, 0.15) is 37.8 Å². The second-order valence-corrected chi connectivity index (χ2v) is 7.35. The fraction of sp³-hybridized carbons (Fsp3) is 0.650. The van der Waals surface area contributed by atoms with Gasteiger partial charge in [-0.3, -0.25) is 14.6 Å². The molecular weight excluding hydrogens is 314 g/mol. The largest absolute Gasteiger partial charge is 0.395 e. The predicted octanol–water partition coefficient (Wildman–Crippen LogP) is 1.64. The number of carbonyl (C=O) groups is 1. The summed E-state index contributed by atoms with van der Waals surface area (Å²) in [6.45, 7) is 6.44. The number of aliphatic hydroxyl groups is 1. The zero-order valence-corrected chi connectivity index (χ0v) is 15.2. The number of nitrogens with zero attached hydrogens (tertiary/aromatic N) is 2. The second-order valence-electron chi connectivity index (χ2n) is 7.35. The zero-order chi connectivity index (χ0) is 17.6. The number of nitrogens with one attached hydrogen (secondary N) is 1. The summed E-state index contributed by atoms with van der Waals surface area (Å²) in [5.41, 5.74) is 1.22. The molecule has 5 nitrogen and oxygen atoms in total. The van der Waals surface area contributed by atoms with E-state index in [2.05, 4.69) is 34.2 Å². The first kappa shape index (κ1) is 18.4. The molecule has 2 unspecified atom stereocenters. The number of hydrogen-bond donors (Lipinski definition) is 2. The van der Waals surface area contributed by atoms with Gasteiger partial charge in [0, 0.05) is 32.2 Å². The summed E-state index contributed by atoms with van der Waals surface area (Å²) >= 11 is 0. The summed E-state index contributed by atoms with van der Waals surface area (Å²) in [5.74, 6) is 0.724. The molecule has 1 aromatic carbocycles. The van der Waals surface area contributed by atoms with E-state index in [1.165, 1.54) is 18.4 Å². The van der Waals surface area contributed by atoms with Crippen molar-refractivity contribution in [3.63, 3.8) is 0 Å². The summed E-state index contributed by atoms with van der Waals surface area (Å²) in [4.78, 5) is 17.1. The first-order chi connectivity index (χ1) is 12.2. The number of carbonyl (C=O) groups excluding carboxylic acids is 1. The average molecular weight is 345 g/mol. The molecule has 3 rings (SSSR count). The first-order valence-corrected chi connectivity index (χ1v) is 9.62. The molecule has 1 heterocycles. The molecule has 2 aliphatic rings. The van der Waals surface area contributed by atoms with Gasteiger partial charge >= 0.3 is 0 Å². The highest BCUT2D eigenvalue weighted by Gasteiger charge is 2.33. The van der Waals surface area contributed by atoms with Gasteiger partial charge in [-0.15, -0.1) is 0 Å². The van der Waals surface area contributed by atoms with E-state index in [0.717, 1.165) is 32.6 Å². The highest BCUT2D eigenvalue weighted by molar-refractivity contribution is 5.78. The van der Waals surface area contributed by atoms with Crippen molar-refractivity contribution in [1.82, 2.24) is 15.1 Å². The Labute approximate surface area is 151 Å². The van der Waals surface area contributed by atoms with Crippen molar-refractivity contribution in [2.24, 2.45) is 5.92 Å². The second kappa shape index (κ2) is 8.79. The minimum atomic E-state index is 0.128. The van der Waals surface area contributed by atoms with Crippen molar-refractivity contribution in [3.8, 4) is 0 Å². The van der Waals surface area contributed by atoms with Crippen LogP contribution in [-0.4, -0.2) is 66.2 Å². The SMILES string of the molecule is CCC(CO)N1CCN(CC(=O)NC(c2ccccc2)C2CC2)CC1. The topological polar surface area (TPSA) is 55.8 Å². The Balaban J connectivity index is 1.48. The van der Waals surface area contributed by atoms with Crippen molar-refractivity contribution in [3.05, 3.63) is 35.9 Å². The van der Waals surface area contributed by atoms with Crippen LogP contribution in [0.4, 0.5) is 0 Å². The van der Waals surface area contributed by atoms with Crippen LogP contribution in [0, 0.1) is 5.92 Å². The molecule has 1 saturated heterocycles. The third-order valence-electron chi connectivity index (χ3n) is 5.54. The Hall–Kier alpha value is -1.43. The molecule has 1 aliphatic heterocycles. The molecule has 2 N–H and O–H groups in total. The maximum atomic E-state index is 12.5. The van der Waals surface area contributed by atoms with Gasteiger partial charge in [-0.05, 0) is 30.7 Å². The van der Waals surface area contributed by atoms with Crippen LogP contribution < -0.4 is 5.32 Å². The summed E-state index contributed by atoms with van der Waals surface area (Å²) in [6.07, 6.45) is 3.38. The van der Waals surface area contributed by atoms with Crippen molar-refractivity contribution in [1.29, 1.82) is 0 Å². The van der Waals surface area contributed by atoms with Gasteiger partial charge in [-0.1, -0.05) is 37.3 Å². The molecule has 0 aromatic heterocycles. The average Bonchev–Trinajstić information content (AvgIpc) is 3.48. The fourth-order valence-corrected chi connectivity index (χ4v) is 3.77. The van der Waals surface area contributed by atoms with E-state index in [0.29, 0.717) is 12.5 Å². The van der Waals surface area contributed by atoms with Crippen LogP contribution in [-0.2, 0) is 4.79 Å². The molecule has 0 bridgehead atoms. The normalized spacial score (nSPS) is 21.7. The Kier molecular flexibility index (Phi) is 6.45. The Morgan fingerprint density at radius 3 is 2.44 bits per heavy atom. The minimum Gasteiger partial charge on any atom is -0.395 e. The van der Waals surface area contributed by atoms with Gasteiger partial charge in [0.15, 0.2) is 0 Å². The zero-order valence-electron chi connectivity index (χ0n) is 15.2. The number of benzene rings is 1. The summed E-state index contributed by atoms with van der Waals surface area (Å²) in [5, 5.41) is 12.7. The molecule has 0 spiro atoms. The van der Waals surface area contributed by atoms with Crippen LogP contribution in [0.3, 0.4) is 0 Å². The lowest BCUT2D eigenvalue weighted by Gasteiger charge is -2.38. The van der Waals surface area contributed by atoms with Gasteiger partial charge in [-0.25, -0.2) is 0 Å². The van der Waals surface area contributed by atoms with E-state index in [1.807, 2.05) is 18.2 Å². The van der Waals surface area contributed by atoms with E-state index in [-0.39, 0.29) is 24.6 Å². The molecule has 1 aromatic rings. The Bertz CT molecular complexity index is 535. The molecule has 2 fully saturated rings. The number of piperazine rings is 1. The van der Waals surface area contributed by atoms with Crippen molar-refractivity contribution >= 4 is 5.91 Å². The molecular formula is C20H31N3O2. The quantitative estimate of drug-likeness (QED) is 0.752. The molecule has 0 radical (unpaired) electrons. The van der Waals surface area contributed by atoms with E-state index in [1.54, 1.807) is 0 Å². The van der Waals surface area contributed by atoms with Crippen LogP contribution in [0.25, 0.3) is 0 Å². The maximum absolute atomic E-state index is 12.5. The third kappa shape index (κ3) is 5.03. The van der Waals surface area contributed by atoms with Gasteiger partial charge < -0.3 is 10.4 Å². The van der Waals surface area contributed by atoms with Gasteiger partial charge in [0.1, 0.15) is 0 Å². The monoisotopic (exact) mass is 345 g/mol. The smallest absolute Gasteiger partial charge is 0.234 e. The molecule has 25 heavy (non-hydrogen) atoms. The highest BCUT2D eigenvalue weighted by atomic mass is 16.3. The number of aliphatic hydroxyl groups excluding tert-OH is 1. The Morgan fingerprint density at radius 1 is 1.20 bits per heavy atom. The van der Waals surface area contributed by atoms with Crippen molar-refractivity contribution in [2.75, 3.05) is 39.3 Å². The van der Waals surface area contributed by atoms with Crippen molar-refractivity contribution < 1.29 is 9.90 Å². The van der Waals surface area contributed by atoms with Crippen LogP contribution in [0.2, 0.25) is 0 Å². The van der Waals surface area contributed by atoms with Crippen LogP contribution in [0.5, 0.6) is 0 Å². The molecule has 2 atom stereocenters. The van der Waals surface area contributed by atoms with E-state index >= 15 is 0 Å². The summed E-state index contributed by atoms with van der Waals surface area (Å²) in [7, 11) is 0. The maximum Gasteiger partial charge on any atom is 0.234 e. The van der Waals surface area contributed by atoms with E-state index in [9.17, 15) is 9.90 Å². The van der Waals surface area contributed by atoms with E-state index in [4.69, 9.17) is 0 Å². The lowest BCUT2D eigenvalue weighted by Crippen LogP contribution is -2.53. The fourth-order valence-electron chi connectivity index (χ4n) is 3.77. The summed E-state index contributed by atoms with van der Waals surface area (Å²) < 4.78 is 0. The molecule has 1 aliphatic carbocycles. The molecule has 5 heteroatoms. The number of amides is 1. The van der Waals surface area contributed by atoms with Gasteiger partial charge in [0.25, 0.3) is 0 Å². The Morgan fingerprint density at radius 2 is 1.88 bits per heavy atom. The minimum absolute atomic E-state index is 0.128. The van der Waals surface area contributed by atoms with E-state index < -0.39 is 0 Å². The number of hydrogen-bond acceptors (Lipinski definition) is 4. The molecule has 1 saturated carbocycles. The lowest BCUT2D eigenvalue weighted by molar-refractivity contribution is -0.123.